The van der Waals surface area contributed by atoms with Gasteiger partial charge in [-0.2, -0.15) is 0 Å². The van der Waals surface area contributed by atoms with E-state index in [1.165, 1.54) is 12.8 Å². The van der Waals surface area contributed by atoms with E-state index in [4.69, 9.17) is 4.74 Å². The average Bonchev–Trinajstić information content (AvgIpc) is 2.26. The summed E-state index contributed by atoms with van der Waals surface area (Å²) in [6, 6.07) is 1.32. The molecule has 0 radical (unpaired) electrons. The Labute approximate surface area is 124 Å². The Kier molecular flexibility index (Phi) is 6.31. The van der Waals surface area contributed by atoms with Crippen LogP contribution in [0.3, 0.4) is 0 Å². The van der Waals surface area contributed by atoms with Gasteiger partial charge in [0, 0.05) is 24.7 Å². The van der Waals surface area contributed by atoms with E-state index in [2.05, 4.69) is 26.1 Å². The van der Waals surface area contributed by atoms with Crippen LogP contribution in [0.2, 0.25) is 0 Å². The molecule has 0 saturated carbocycles. The molecule has 4 heteroatoms. The minimum absolute atomic E-state index is 0.176. The monoisotopic (exact) mass is 284 g/mol. The van der Waals surface area contributed by atoms with Crippen LogP contribution in [0.4, 0.5) is 4.79 Å². The molecule has 0 aromatic carbocycles. The quantitative estimate of drug-likeness (QED) is 0.858. The maximum atomic E-state index is 12.1. The molecule has 1 amide bonds. The molecule has 1 rings (SSSR count). The summed E-state index contributed by atoms with van der Waals surface area (Å²) in [5.74, 6) is 0. The Morgan fingerprint density at radius 1 is 1.45 bits per heavy atom. The summed E-state index contributed by atoms with van der Waals surface area (Å²) < 4.78 is 5.47. The maximum Gasteiger partial charge on any atom is 0.410 e. The molecule has 3 unspecified atom stereocenters. The fraction of sp³-hybridized carbons (Fsp3) is 0.938. The number of nitrogens with one attached hydrogen (secondary N) is 1. The molecule has 1 fully saturated rings. The molecule has 1 aliphatic heterocycles. The highest BCUT2D eigenvalue weighted by molar-refractivity contribution is 5.68. The molecular weight excluding hydrogens is 252 g/mol. The number of hydrogen-bond donors (Lipinski definition) is 1. The van der Waals surface area contributed by atoms with E-state index in [0.29, 0.717) is 12.1 Å². The van der Waals surface area contributed by atoms with Gasteiger partial charge in [-0.3, -0.25) is 0 Å². The van der Waals surface area contributed by atoms with Crippen molar-refractivity contribution in [1.29, 1.82) is 0 Å². The fourth-order valence-corrected chi connectivity index (χ4v) is 2.83. The molecule has 1 N–H and O–H groups in total. The molecule has 0 aliphatic carbocycles. The highest BCUT2D eigenvalue weighted by atomic mass is 16.6. The molecule has 118 valence electrons. The van der Waals surface area contributed by atoms with Gasteiger partial charge in [-0.25, -0.2) is 4.79 Å². The van der Waals surface area contributed by atoms with Gasteiger partial charge < -0.3 is 15.0 Å². The summed E-state index contributed by atoms with van der Waals surface area (Å²) in [4.78, 5) is 14.0. The van der Waals surface area contributed by atoms with Crippen molar-refractivity contribution in [2.75, 3.05) is 6.54 Å². The zero-order valence-electron chi connectivity index (χ0n) is 14.0. The summed E-state index contributed by atoms with van der Waals surface area (Å²) in [7, 11) is 0. The first-order valence-electron chi connectivity index (χ1n) is 7.98. The highest BCUT2D eigenvalue weighted by Gasteiger charge is 2.31. The molecule has 20 heavy (non-hydrogen) atoms. The number of likely N-dealkylation sites (tertiary alicyclic amines) is 1. The average molecular weight is 284 g/mol. The van der Waals surface area contributed by atoms with Crippen molar-refractivity contribution in [1.82, 2.24) is 10.2 Å². The Bertz CT molecular complexity index is 312. The van der Waals surface area contributed by atoms with E-state index in [-0.39, 0.29) is 12.1 Å². The topological polar surface area (TPSA) is 41.6 Å². The molecule has 0 aromatic rings. The minimum atomic E-state index is -0.415. The lowest BCUT2D eigenvalue weighted by atomic mass is 9.97. The van der Waals surface area contributed by atoms with E-state index >= 15 is 0 Å². The molecule has 1 aliphatic rings. The van der Waals surface area contributed by atoms with Gasteiger partial charge in [0.15, 0.2) is 0 Å². The summed E-state index contributed by atoms with van der Waals surface area (Å²) in [5, 5.41) is 3.68. The number of piperidine rings is 1. The van der Waals surface area contributed by atoms with Crippen molar-refractivity contribution >= 4 is 6.09 Å². The van der Waals surface area contributed by atoms with Gasteiger partial charge in [0.25, 0.3) is 0 Å². The Hall–Kier alpha value is -0.770. The maximum absolute atomic E-state index is 12.1. The molecular formula is C16H32N2O2. The minimum Gasteiger partial charge on any atom is -0.444 e. The van der Waals surface area contributed by atoms with Gasteiger partial charge in [0.05, 0.1) is 0 Å². The molecule has 0 spiro atoms. The number of ether oxygens (including phenoxy) is 1. The van der Waals surface area contributed by atoms with Crippen molar-refractivity contribution in [2.24, 2.45) is 0 Å². The van der Waals surface area contributed by atoms with Crippen molar-refractivity contribution in [3.8, 4) is 0 Å². The predicted molar refractivity (Wildman–Crippen MR) is 82.9 cm³/mol. The van der Waals surface area contributed by atoms with E-state index in [9.17, 15) is 4.79 Å². The van der Waals surface area contributed by atoms with Crippen LogP contribution >= 0.6 is 0 Å². The van der Waals surface area contributed by atoms with Gasteiger partial charge in [-0.1, -0.05) is 13.3 Å². The van der Waals surface area contributed by atoms with Crippen LogP contribution in [-0.2, 0) is 4.74 Å². The number of carbonyl (C=O) groups excluding carboxylic acids is 1. The molecule has 3 atom stereocenters. The summed E-state index contributed by atoms with van der Waals surface area (Å²) >= 11 is 0. The summed E-state index contributed by atoms with van der Waals surface area (Å²) in [6.07, 6.45) is 4.26. The van der Waals surface area contributed by atoms with Gasteiger partial charge in [0.1, 0.15) is 5.60 Å². The van der Waals surface area contributed by atoms with Crippen LogP contribution in [0.1, 0.15) is 67.2 Å². The van der Waals surface area contributed by atoms with E-state index in [0.717, 1.165) is 19.4 Å². The normalized spacial score (nSPS) is 25.4. The number of carbonyl (C=O) groups is 1. The third-order valence-electron chi connectivity index (χ3n) is 3.75. The van der Waals surface area contributed by atoms with Crippen molar-refractivity contribution in [3.05, 3.63) is 0 Å². The van der Waals surface area contributed by atoms with Gasteiger partial charge in [0.2, 0.25) is 0 Å². The first kappa shape index (κ1) is 17.3. The van der Waals surface area contributed by atoms with Crippen molar-refractivity contribution in [3.63, 3.8) is 0 Å². The second kappa shape index (κ2) is 7.30. The molecule has 0 aromatic heterocycles. The van der Waals surface area contributed by atoms with Gasteiger partial charge in [-0.15, -0.1) is 0 Å². The van der Waals surface area contributed by atoms with E-state index in [1.807, 2.05) is 25.7 Å². The summed E-state index contributed by atoms with van der Waals surface area (Å²) in [5.41, 5.74) is -0.415. The molecule has 1 saturated heterocycles. The van der Waals surface area contributed by atoms with Gasteiger partial charge >= 0.3 is 6.09 Å². The Morgan fingerprint density at radius 2 is 2.10 bits per heavy atom. The van der Waals surface area contributed by atoms with Crippen LogP contribution in [0.25, 0.3) is 0 Å². The standard InChI is InChI=1S/C16H32N2O2/c1-7-8-12(2)17-14-9-10-18(13(3)11-14)15(19)20-16(4,5)6/h12-14,17H,7-11H2,1-6H3. The lowest BCUT2D eigenvalue weighted by molar-refractivity contribution is 0.00904. The van der Waals surface area contributed by atoms with Crippen LogP contribution < -0.4 is 5.32 Å². The van der Waals surface area contributed by atoms with Crippen LogP contribution in [0, 0.1) is 0 Å². The lowest BCUT2D eigenvalue weighted by Gasteiger charge is -2.39. The number of rotatable bonds is 4. The molecule has 1 heterocycles. The predicted octanol–water partition coefficient (Wildman–Crippen LogP) is 3.55. The van der Waals surface area contributed by atoms with Crippen molar-refractivity contribution in [2.45, 2.75) is 91.0 Å². The Morgan fingerprint density at radius 3 is 2.60 bits per heavy atom. The van der Waals surface area contributed by atoms with E-state index in [1.54, 1.807) is 0 Å². The lowest BCUT2D eigenvalue weighted by Crippen LogP contribution is -2.52. The zero-order chi connectivity index (χ0) is 15.3. The zero-order valence-corrected chi connectivity index (χ0v) is 14.0. The second-order valence-electron chi connectivity index (χ2n) is 7.10. The SMILES string of the molecule is CCCC(C)NC1CCN(C(=O)OC(C)(C)C)C(C)C1. The fourth-order valence-electron chi connectivity index (χ4n) is 2.83. The first-order chi connectivity index (χ1) is 9.23. The third-order valence-corrected chi connectivity index (χ3v) is 3.75. The number of hydrogen-bond acceptors (Lipinski definition) is 3. The molecule has 0 bridgehead atoms. The number of amides is 1. The van der Waals surface area contributed by atoms with Crippen LogP contribution in [0.15, 0.2) is 0 Å². The van der Waals surface area contributed by atoms with E-state index < -0.39 is 5.60 Å². The third kappa shape index (κ3) is 5.70. The Balaban J connectivity index is 2.45. The highest BCUT2D eigenvalue weighted by Crippen LogP contribution is 2.21. The van der Waals surface area contributed by atoms with Gasteiger partial charge in [-0.05, 0) is 53.9 Å². The van der Waals surface area contributed by atoms with Crippen molar-refractivity contribution < 1.29 is 9.53 Å². The number of nitrogens with zero attached hydrogens (tertiary/aromatic N) is 1. The first-order valence-corrected chi connectivity index (χ1v) is 7.98. The van der Waals surface area contributed by atoms with Crippen LogP contribution in [0.5, 0.6) is 0 Å². The smallest absolute Gasteiger partial charge is 0.410 e. The summed E-state index contributed by atoms with van der Waals surface area (Å²) in [6.45, 7) is 13.1. The molecule has 4 nitrogen and oxygen atoms in total. The largest absolute Gasteiger partial charge is 0.444 e. The van der Waals surface area contributed by atoms with Crippen LogP contribution in [-0.4, -0.2) is 41.3 Å². The second-order valence-corrected chi connectivity index (χ2v) is 7.10.